The van der Waals surface area contributed by atoms with Crippen molar-refractivity contribution >= 4 is 10.9 Å². The summed E-state index contributed by atoms with van der Waals surface area (Å²) in [4.78, 5) is 8.98. The Morgan fingerprint density at radius 1 is 1.20 bits per heavy atom. The molecule has 0 atom stereocenters. The third kappa shape index (κ3) is 1.83. The van der Waals surface area contributed by atoms with Crippen molar-refractivity contribution in [2.75, 3.05) is 6.54 Å². The SMILES string of the molecule is Cc1nc(CCN)nc2c(C)cccc12. The molecular weight excluding hydrogens is 186 g/mol. The van der Waals surface area contributed by atoms with Crippen molar-refractivity contribution in [3.05, 3.63) is 35.3 Å². The fourth-order valence-corrected chi connectivity index (χ4v) is 1.75. The number of fused-ring (bicyclic) bond motifs is 1. The Morgan fingerprint density at radius 2 is 2.00 bits per heavy atom. The highest BCUT2D eigenvalue weighted by Crippen LogP contribution is 2.18. The highest BCUT2D eigenvalue weighted by molar-refractivity contribution is 5.83. The van der Waals surface area contributed by atoms with E-state index >= 15 is 0 Å². The molecule has 0 aliphatic rings. The zero-order chi connectivity index (χ0) is 10.8. The van der Waals surface area contributed by atoms with Crippen molar-refractivity contribution in [3.8, 4) is 0 Å². The van der Waals surface area contributed by atoms with E-state index in [1.807, 2.05) is 13.0 Å². The number of aryl methyl sites for hydroxylation is 2. The second-order valence-electron chi connectivity index (χ2n) is 3.73. The van der Waals surface area contributed by atoms with Crippen molar-refractivity contribution in [2.24, 2.45) is 5.73 Å². The van der Waals surface area contributed by atoms with Crippen LogP contribution in [-0.2, 0) is 6.42 Å². The molecule has 0 aliphatic carbocycles. The van der Waals surface area contributed by atoms with Crippen LogP contribution in [0.1, 0.15) is 17.1 Å². The van der Waals surface area contributed by atoms with Gasteiger partial charge in [0, 0.05) is 17.5 Å². The number of hydrogen-bond acceptors (Lipinski definition) is 3. The fraction of sp³-hybridized carbons (Fsp3) is 0.333. The molecule has 0 saturated heterocycles. The van der Waals surface area contributed by atoms with E-state index in [1.165, 1.54) is 5.56 Å². The molecule has 0 spiro atoms. The van der Waals surface area contributed by atoms with Gasteiger partial charge in [0.1, 0.15) is 5.82 Å². The molecule has 3 heteroatoms. The van der Waals surface area contributed by atoms with Crippen LogP contribution in [0, 0.1) is 13.8 Å². The topological polar surface area (TPSA) is 51.8 Å². The molecule has 1 aromatic carbocycles. The van der Waals surface area contributed by atoms with Gasteiger partial charge in [0.25, 0.3) is 0 Å². The van der Waals surface area contributed by atoms with Crippen LogP contribution in [0.15, 0.2) is 18.2 Å². The molecule has 0 amide bonds. The minimum Gasteiger partial charge on any atom is -0.330 e. The van der Waals surface area contributed by atoms with Crippen molar-refractivity contribution in [3.63, 3.8) is 0 Å². The molecule has 0 fully saturated rings. The van der Waals surface area contributed by atoms with Crippen LogP contribution in [0.4, 0.5) is 0 Å². The summed E-state index contributed by atoms with van der Waals surface area (Å²) < 4.78 is 0. The molecule has 3 nitrogen and oxygen atoms in total. The van der Waals surface area contributed by atoms with Gasteiger partial charge in [-0.1, -0.05) is 18.2 Å². The van der Waals surface area contributed by atoms with E-state index in [9.17, 15) is 0 Å². The highest BCUT2D eigenvalue weighted by Gasteiger charge is 2.05. The van der Waals surface area contributed by atoms with Crippen LogP contribution in [0.5, 0.6) is 0 Å². The average Bonchev–Trinajstić information content (AvgIpc) is 2.20. The van der Waals surface area contributed by atoms with E-state index < -0.39 is 0 Å². The average molecular weight is 201 g/mol. The Hall–Kier alpha value is -1.48. The molecule has 0 radical (unpaired) electrons. The molecule has 2 aromatic rings. The van der Waals surface area contributed by atoms with Crippen LogP contribution in [0.25, 0.3) is 10.9 Å². The maximum absolute atomic E-state index is 5.51. The van der Waals surface area contributed by atoms with Crippen LogP contribution in [0.3, 0.4) is 0 Å². The van der Waals surface area contributed by atoms with Gasteiger partial charge in [-0.05, 0) is 26.0 Å². The number of nitrogens with two attached hydrogens (primary N) is 1. The molecule has 2 rings (SSSR count). The first kappa shape index (κ1) is 10.1. The number of rotatable bonds is 2. The summed E-state index contributed by atoms with van der Waals surface area (Å²) in [5.74, 6) is 0.844. The lowest BCUT2D eigenvalue weighted by molar-refractivity contribution is 0.868. The molecule has 0 unspecified atom stereocenters. The Kier molecular flexibility index (Phi) is 2.64. The van der Waals surface area contributed by atoms with E-state index in [1.54, 1.807) is 0 Å². The Morgan fingerprint density at radius 3 is 2.73 bits per heavy atom. The monoisotopic (exact) mass is 201 g/mol. The van der Waals surface area contributed by atoms with Gasteiger partial charge in [0.05, 0.1) is 5.52 Å². The summed E-state index contributed by atoms with van der Waals surface area (Å²) in [5.41, 5.74) is 8.79. The predicted octanol–water partition coefficient (Wildman–Crippen LogP) is 1.75. The standard InChI is InChI=1S/C12H15N3/c1-8-4-3-5-10-9(2)14-11(6-7-13)15-12(8)10/h3-5H,6-7,13H2,1-2H3. The Bertz CT molecular complexity index is 491. The molecule has 1 heterocycles. The molecule has 1 aromatic heterocycles. The Labute approximate surface area is 89.4 Å². The van der Waals surface area contributed by atoms with Crippen LogP contribution >= 0.6 is 0 Å². The van der Waals surface area contributed by atoms with Crippen LogP contribution < -0.4 is 5.73 Å². The fourth-order valence-electron chi connectivity index (χ4n) is 1.75. The Balaban J connectivity index is 2.68. The molecular formula is C12H15N3. The van der Waals surface area contributed by atoms with Gasteiger partial charge in [0.15, 0.2) is 0 Å². The van der Waals surface area contributed by atoms with Crippen molar-refractivity contribution in [1.82, 2.24) is 9.97 Å². The van der Waals surface area contributed by atoms with Gasteiger partial charge in [-0.3, -0.25) is 0 Å². The van der Waals surface area contributed by atoms with Gasteiger partial charge in [0.2, 0.25) is 0 Å². The van der Waals surface area contributed by atoms with Gasteiger partial charge in [-0.25, -0.2) is 9.97 Å². The van der Waals surface area contributed by atoms with Gasteiger partial charge >= 0.3 is 0 Å². The number of para-hydroxylation sites is 1. The maximum atomic E-state index is 5.51. The second-order valence-corrected chi connectivity index (χ2v) is 3.73. The number of aromatic nitrogens is 2. The summed E-state index contributed by atoms with van der Waals surface area (Å²) in [6.07, 6.45) is 0.741. The quantitative estimate of drug-likeness (QED) is 0.805. The van der Waals surface area contributed by atoms with Gasteiger partial charge in [-0.2, -0.15) is 0 Å². The first-order valence-corrected chi connectivity index (χ1v) is 5.15. The number of nitrogens with zero attached hydrogens (tertiary/aromatic N) is 2. The van der Waals surface area contributed by atoms with E-state index in [0.717, 1.165) is 28.8 Å². The smallest absolute Gasteiger partial charge is 0.130 e. The van der Waals surface area contributed by atoms with Crippen molar-refractivity contribution in [1.29, 1.82) is 0 Å². The molecule has 0 bridgehead atoms. The number of benzene rings is 1. The lowest BCUT2D eigenvalue weighted by Gasteiger charge is -2.06. The van der Waals surface area contributed by atoms with Crippen LogP contribution in [-0.4, -0.2) is 16.5 Å². The summed E-state index contributed by atoms with van der Waals surface area (Å²) in [7, 11) is 0. The molecule has 0 aliphatic heterocycles. The minimum atomic E-state index is 0.594. The van der Waals surface area contributed by atoms with Crippen LogP contribution in [0.2, 0.25) is 0 Å². The number of hydrogen-bond donors (Lipinski definition) is 1. The first-order chi connectivity index (χ1) is 7.22. The van der Waals surface area contributed by atoms with Crippen molar-refractivity contribution in [2.45, 2.75) is 20.3 Å². The van der Waals surface area contributed by atoms with E-state index in [4.69, 9.17) is 5.73 Å². The molecule has 78 valence electrons. The molecule has 2 N–H and O–H groups in total. The summed E-state index contributed by atoms with van der Waals surface area (Å²) in [6.45, 7) is 4.68. The summed E-state index contributed by atoms with van der Waals surface area (Å²) >= 11 is 0. The lowest BCUT2D eigenvalue weighted by Crippen LogP contribution is -2.07. The largest absolute Gasteiger partial charge is 0.330 e. The van der Waals surface area contributed by atoms with Gasteiger partial charge < -0.3 is 5.73 Å². The second kappa shape index (κ2) is 3.95. The highest BCUT2D eigenvalue weighted by atomic mass is 14.9. The van der Waals surface area contributed by atoms with Gasteiger partial charge in [-0.15, -0.1) is 0 Å². The van der Waals surface area contributed by atoms with E-state index in [2.05, 4.69) is 29.0 Å². The molecule has 0 saturated carbocycles. The summed E-state index contributed by atoms with van der Waals surface area (Å²) in [6, 6.07) is 6.17. The third-order valence-corrected chi connectivity index (χ3v) is 2.53. The van der Waals surface area contributed by atoms with E-state index in [-0.39, 0.29) is 0 Å². The third-order valence-electron chi connectivity index (χ3n) is 2.53. The van der Waals surface area contributed by atoms with E-state index in [0.29, 0.717) is 6.54 Å². The maximum Gasteiger partial charge on any atom is 0.130 e. The minimum absolute atomic E-state index is 0.594. The predicted molar refractivity (Wildman–Crippen MR) is 61.8 cm³/mol. The lowest BCUT2D eigenvalue weighted by atomic mass is 10.1. The molecule has 15 heavy (non-hydrogen) atoms. The summed E-state index contributed by atoms with van der Waals surface area (Å²) in [5, 5.41) is 1.13. The zero-order valence-corrected chi connectivity index (χ0v) is 9.12. The zero-order valence-electron chi connectivity index (χ0n) is 9.12. The van der Waals surface area contributed by atoms with Crippen molar-refractivity contribution < 1.29 is 0 Å². The normalized spacial score (nSPS) is 10.9. The first-order valence-electron chi connectivity index (χ1n) is 5.15.